The van der Waals surface area contributed by atoms with Gasteiger partial charge in [-0.15, -0.1) is 0 Å². The number of halogens is 1. The Labute approximate surface area is 128 Å². The fourth-order valence-corrected chi connectivity index (χ4v) is 1.92. The second-order valence-electron chi connectivity index (χ2n) is 4.72. The van der Waals surface area contributed by atoms with Crippen LogP contribution in [0, 0.1) is 0 Å². The van der Waals surface area contributed by atoms with Gasteiger partial charge in [0.15, 0.2) is 5.69 Å². The third-order valence-corrected chi connectivity index (χ3v) is 3.38. The first-order valence-corrected chi connectivity index (χ1v) is 7.21. The molecule has 1 aromatic carbocycles. The highest BCUT2D eigenvalue weighted by molar-refractivity contribution is 6.30. The summed E-state index contributed by atoms with van der Waals surface area (Å²) < 4.78 is 5.20. The van der Waals surface area contributed by atoms with Gasteiger partial charge in [0.2, 0.25) is 5.89 Å². The Morgan fingerprint density at radius 2 is 2.14 bits per heavy atom. The van der Waals surface area contributed by atoms with Gasteiger partial charge in [0.25, 0.3) is 5.91 Å². The van der Waals surface area contributed by atoms with Gasteiger partial charge in [-0.1, -0.05) is 30.7 Å². The van der Waals surface area contributed by atoms with Crippen LogP contribution in [0.2, 0.25) is 5.02 Å². The zero-order valence-electron chi connectivity index (χ0n) is 11.8. The Kier molecular flexibility index (Phi) is 5.36. The van der Waals surface area contributed by atoms with E-state index in [4.69, 9.17) is 21.8 Å². The van der Waals surface area contributed by atoms with Crippen LogP contribution in [0.4, 0.5) is 0 Å². The summed E-state index contributed by atoms with van der Waals surface area (Å²) in [5, 5.41) is 3.50. The van der Waals surface area contributed by atoms with Crippen molar-refractivity contribution in [3.05, 3.63) is 52.7 Å². The van der Waals surface area contributed by atoms with Crippen LogP contribution in [0.5, 0.6) is 0 Å². The van der Waals surface area contributed by atoms with E-state index >= 15 is 0 Å². The largest absolute Gasteiger partial charge is 0.446 e. The summed E-state index contributed by atoms with van der Waals surface area (Å²) in [5.74, 6) is 0.127. The summed E-state index contributed by atoms with van der Waals surface area (Å²) in [6, 6.07) is 7.25. The molecular weight excluding hydrogens is 290 g/mol. The molecule has 5 nitrogen and oxygen atoms in total. The zero-order chi connectivity index (χ0) is 15.2. The quantitative estimate of drug-likeness (QED) is 0.859. The van der Waals surface area contributed by atoms with Crippen molar-refractivity contribution in [1.82, 2.24) is 10.3 Å². The lowest BCUT2D eigenvalue weighted by Crippen LogP contribution is -2.26. The number of hydrogen-bond acceptors (Lipinski definition) is 4. The molecule has 21 heavy (non-hydrogen) atoms. The molecule has 0 aliphatic carbocycles. The molecule has 0 aliphatic heterocycles. The molecule has 2 aromatic rings. The van der Waals surface area contributed by atoms with E-state index in [2.05, 4.69) is 10.3 Å². The number of nitrogens with one attached hydrogen (secondary N) is 1. The van der Waals surface area contributed by atoms with E-state index in [1.807, 2.05) is 31.2 Å². The number of rotatable bonds is 6. The smallest absolute Gasteiger partial charge is 0.273 e. The number of nitrogens with zero attached hydrogens (tertiary/aromatic N) is 1. The molecule has 6 heteroatoms. The minimum Gasteiger partial charge on any atom is -0.446 e. The monoisotopic (exact) mass is 307 g/mol. The molecule has 1 aromatic heterocycles. The van der Waals surface area contributed by atoms with E-state index in [0.717, 1.165) is 12.0 Å². The predicted octanol–water partition coefficient (Wildman–Crippen LogP) is 2.71. The van der Waals surface area contributed by atoms with Gasteiger partial charge in [-0.05, 0) is 30.5 Å². The van der Waals surface area contributed by atoms with E-state index in [0.29, 0.717) is 23.9 Å². The van der Waals surface area contributed by atoms with Gasteiger partial charge in [0.05, 0.1) is 6.04 Å². The topological polar surface area (TPSA) is 81.1 Å². The van der Waals surface area contributed by atoms with Gasteiger partial charge < -0.3 is 15.5 Å². The Balaban J connectivity index is 1.84. The Morgan fingerprint density at radius 1 is 1.43 bits per heavy atom. The van der Waals surface area contributed by atoms with Crippen LogP contribution in [0.15, 0.2) is 34.9 Å². The maximum atomic E-state index is 11.9. The number of aromatic nitrogens is 1. The van der Waals surface area contributed by atoms with Crippen molar-refractivity contribution in [3.63, 3.8) is 0 Å². The summed E-state index contributed by atoms with van der Waals surface area (Å²) in [6.07, 6.45) is 2.77. The van der Waals surface area contributed by atoms with Crippen LogP contribution >= 0.6 is 11.6 Å². The number of amides is 1. The molecule has 0 aliphatic rings. The molecule has 0 bridgehead atoms. The summed E-state index contributed by atoms with van der Waals surface area (Å²) >= 11 is 5.82. The molecule has 3 N–H and O–H groups in total. The van der Waals surface area contributed by atoms with E-state index in [9.17, 15) is 4.79 Å². The Morgan fingerprint density at radius 3 is 2.81 bits per heavy atom. The van der Waals surface area contributed by atoms with Crippen molar-refractivity contribution in [2.45, 2.75) is 25.8 Å². The standard InChI is InChI=1S/C15H18ClN3O2/c1-2-12(17)15-19-13(9-21-15)14(20)18-8-7-10-3-5-11(16)6-4-10/h3-6,9,12H,2,7-8,17H2,1H3,(H,18,20). The highest BCUT2D eigenvalue weighted by Gasteiger charge is 2.15. The van der Waals surface area contributed by atoms with Crippen LogP contribution in [0.25, 0.3) is 0 Å². The SMILES string of the molecule is CCC(N)c1nc(C(=O)NCCc2ccc(Cl)cc2)co1. The van der Waals surface area contributed by atoms with Crippen LogP contribution < -0.4 is 11.1 Å². The lowest BCUT2D eigenvalue weighted by molar-refractivity contribution is 0.0949. The Hall–Kier alpha value is -1.85. The van der Waals surface area contributed by atoms with E-state index in [1.165, 1.54) is 6.26 Å². The molecule has 2 rings (SSSR count). The first kappa shape index (κ1) is 15.5. The molecule has 1 heterocycles. The number of benzene rings is 1. The minimum atomic E-state index is -0.277. The lowest BCUT2D eigenvalue weighted by Gasteiger charge is -2.04. The summed E-state index contributed by atoms with van der Waals surface area (Å²) in [5.41, 5.74) is 7.16. The van der Waals surface area contributed by atoms with E-state index in [1.54, 1.807) is 0 Å². The number of carbonyl (C=O) groups is 1. The van der Waals surface area contributed by atoms with E-state index < -0.39 is 0 Å². The third-order valence-electron chi connectivity index (χ3n) is 3.12. The molecule has 0 saturated carbocycles. The van der Waals surface area contributed by atoms with Gasteiger partial charge in [-0.3, -0.25) is 4.79 Å². The lowest BCUT2D eigenvalue weighted by atomic mass is 10.1. The number of nitrogens with two attached hydrogens (primary N) is 1. The van der Waals surface area contributed by atoms with Gasteiger partial charge in [0, 0.05) is 11.6 Å². The summed E-state index contributed by atoms with van der Waals surface area (Å²) in [7, 11) is 0. The van der Waals surface area contributed by atoms with Crippen molar-refractivity contribution in [2.24, 2.45) is 5.73 Å². The zero-order valence-corrected chi connectivity index (χ0v) is 12.6. The van der Waals surface area contributed by atoms with Crippen molar-refractivity contribution in [3.8, 4) is 0 Å². The fourth-order valence-electron chi connectivity index (χ4n) is 1.80. The summed E-state index contributed by atoms with van der Waals surface area (Å²) in [4.78, 5) is 16.0. The normalized spacial score (nSPS) is 12.1. The number of carbonyl (C=O) groups excluding carboxylic acids is 1. The second kappa shape index (κ2) is 7.24. The molecule has 112 valence electrons. The molecule has 1 unspecified atom stereocenters. The average Bonchev–Trinajstić information content (AvgIpc) is 2.98. The molecular formula is C15H18ClN3O2. The first-order valence-electron chi connectivity index (χ1n) is 6.83. The van der Waals surface area contributed by atoms with Gasteiger partial charge in [-0.25, -0.2) is 4.98 Å². The second-order valence-corrected chi connectivity index (χ2v) is 5.15. The summed E-state index contributed by atoms with van der Waals surface area (Å²) in [6.45, 7) is 2.45. The van der Waals surface area contributed by atoms with Crippen LogP contribution in [0.1, 0.15) is 41.3 Å². The van der Waals surface area contributed by atoms with Crippen LogP contribution in [-0.2, 0) is 6.42 Å². The van der Waals surface area contributed by atoms with Gasteiger partial charge in [0.1, 0.15) is 6.26 Å². The van der Waals surface area contributed by atoms with Crippen molar-refractivity contribution in [1.29, 1.82) is 0 Å². The van der Waals surface area contributed by atoms with Crippen molar-refractivity contribution in [2.75, 3.05) is 6.54 Å². The van der Waals surface area contributed by atoms with E-state index in [-0.39, 0.29) is 17.6 Å². The highest BCUT2D eigenvalue weighted by atomic mass is 35.5. The molecule has 1 amide bonds. The molecule has 0 radical (unpaired) electrons. The molecule has 0 saturated heterocycles. The fraction of sp³-hybridized carbons (Fsp3) is 0.333. The predicted molar refractivity (Wildman–Crippen MR) is 81.2 cm³/mol. The molecule has 0 fully saturated rings. The molecule has 0 spiro atoms. The van der Waals surface area contributed by atoms with Crippen molar-refractivity contribution < 1.29 is 9.21 Å². The maximum absolute atomic E-state index is 11.9. The van der Waals surface area contributed by atoms with Crippen LogP contribution in [-0.4, -0.2) is 17.4 Å². The minimum absolute atomic E-state index is 0.255. The number of hydrogen-bond donors (Lipinski definition) is 2. The van der Waals surface area contributed by atoms with Gasteiger partial charge >= 0.3 is 0 Å². The molecule has 1 atom stereocenters. The number of oxazole rings is 1. The van der Waals surface area contributed by atoms with Crippen molar-refractivity contribution >= 4 is 17.5 Å². The third kappa shape index (κ3) is 4.31. The van der Waals surface area contributed by atoms with Gasteiger partial charge in [-0.2, -0.15) is 0 Å². The first-order chi connectivity index (χ1) is 10.1. The Bertz CT molecular complexity index is 595. The van der Waals surface area contributed by atoms with Crippen LogP contribution in [0.3, 0.4) is 0 Å². The maximum Gasteiger partial charge on any atom is 0.273 e. The average molecular weight is 308 g/mol. The highest BCUT2D eigenvalue weighted by Crippen LogP contribution is 2.13.